The molecular formula is C28H29N5O2. The first-order valence-corrected chi connectivity index (χ1v) is 12.0. The Bertz CT molecular complexity index is 1310. The second-order valence-electron chi connectivity index (χ2n) is 8.70. The number of carbonyl (C=O) groups is 1. The van der Waals surface area contributed by atoms with Crippen molar-refractivity contribution in [3.05, 3.63) is 83.9 Å². The van der Waals surface area contributed by atoms with Crippen molar-refractivity contribution in [2.45, 2.75) is 13.8 Å². The zero-order valence-corrected chi connectivity index (χ0v) is 20.1. The number of likely N-dealkylation sites (N-methyl/N-ethyl adjacent to an activating group) is 1. The number of hydrogen-bond acceptors (Lipinski definition) is 6. The van der Waals surface area contributed by atoms with E-state index in [1.54, 1.807) is 12.1 Å². The van der Waals surface area contributed by atoms with Gasteiger partial charge in [-0.2, -0.15) is 0 Å². The minimum absolute atomic E-state index is 0.151. The third-order valence-electron chi connectivity index (χ3n) is 6.51. The van der Waals surface area contributed by atoms with Crippen LogP contribution in [0.5, 0.6) is 0 Å². The van der Waals surface area contributed by atoms with Gasteiger partial charge in [-0.1, -0.05) is 37.3 Å². The summed E-state index contributed by atoms with van der Waals surface area (Å²) in [6.07, 6.45) is 0. The van der Waals surface area contributed by atoms with Crippen molar-refractivity contribution in [1.82, 2.24) is 15.1 Å². The number of anilines is 2. The van der Waals surface area contributed by atoms with Crippen molar-refractivity contribution in [2.24, 2.45) is 0 Å². The van der Waals surface area contributed by atoms with Crippen LogP contribution < -0.4 is 10.2 Å². The van der Waals surface area contributed by atoms with Gasteiger partial charge in [-0.15, -0.1) is 10.2 Å². The molecule has 1 aromatic heterocycles. The quantitative estimate of drug-likeness (QED) is 0.425. The highest BCUT2D eigenvalue weighted by Crippen LogP contribution is 2.28. The molecule has 4 aromatic rings. The maximum absolute atomic E-state index is 13.0. The van der Waals surface area contributed by atoms with Crippen molar-refractivity contribution < 1.29 is 9.21 Å². The van der Waals surface area contributed by atoms with E-state index in [1.165, 1.54) is 0 Å². The molecule has 35 heavy (non-hydrogen) atoms. The number of amides is 1. The number of aromatic nitrogens is 2. The van der Waals surface area contributed by atoms with E-state index in [1.807, 2.05) is 61.5 Å². The number of piperazine rings is 1. The van der Waals surface area contributed by atoms with Crippen molar-refractivity contribution in [3.63, 3.8) is 0 Å². The van der Waals surface area contributed by atoms with Crippen LogP contribution in [0.2, 0.25) is 0 Å². The maximum atomic E-state index is 13.0. The molecule has 1 aliphatic heterocycles. The van der Waals surface area contributed by atoms with Gasteiger partial charge in [-0.25, -0.2) is 0 Å². The summed E-state index contributed by atoms with van der Waals surface area (Å²) in [7, 11) is 0. The van der Waals surface area contributed by atoms with E-state index in [2.05, 4.69) is 38.3 Å². The van der Waals surface area contributed by atoms with Crippen LogP contribution in [0.4, 0.5) is 11.4 Å². The van der Waals surface area contributed by atoms with Crippen LogP contribution in [0.15, 0.2) is 77.2 Å². The van der Waals surface area contributed by atoms with Gasteiger partial charge < -0.3 is 19.5 Å². The van der Waals surface area contributed by atoms with E-state index in [4.69, 9.17) is 4.42 Å². The number of nitrogens with one attached hydrogen (secondary N) is 1. The molecule has 7 nitrogen and oxygen atoms in total. The summed E-state index contributed by atoms with van der Waals surface area (Å²) in [6, 6.07) is 23.1. The number of rotatable bonds is 6. The molecule has 1 N–H and O–H groups in total. The number of aryl methyl sites for hydroxylation is 1. The van der Waals surface area contributed by atoms with Crippen molar-refractivity contribution in [2.75, 3.05) is 42.9 Å². The molecule has 0 saturated carbocycles. The lowest BCUT2D eigenvalue weighted by molar-refractivity contribution is 0.102. The van der Waals surface area contributed by atoms with Gasteiger partial charge in [0.15, 0.2) is 0 Å². The van der Waals surface area contributed by atoms with Gasteiger partial charge in [-0.3, -0.25) is 4.79 Å². The third kappa shape index (κ3) is 4.95. The van der Waals surface area contributed by atoms with E-state index >= 15 is 0 Å². The first-order chi connectivity index (χ1) is 17.1. The average Bonchev–Trinajstić information content (AvgIpc) is 3.39. The molecule has 1 saturated heterocycles. The number of hydrogen-bond donors (Lipinski definition) is 1. The molecule has 0 radical (unpaired) electrons. The average molecular weight is 468 g/mol. The SMILES string of the molecule is CCN1CCN(c2ccccc2NC(=O)c2ccc(-c3nnc(-c4ccccc4C)o3)cc2)CC1. The fourth-order valence-corrected chi connectivity index (χ4v) is 4.38. The normalized spacial score (nSPS) is 14.2. The topological polar surface area (TPSA) is 74.5 Å². The van der Waals surface area contributed by atoms with Gasteiger partial charge in [0.25, 0.3) is 5.91 Å². The predicted molar refractivity (Wildman–Crippen MR) is 139 cm³/mol. The molecule has 0 unspecified atom stereocenters. The zero-order chi connectivity index (χ0) is 24.2. The van der Waals surface area contributed by atoms with Gasteiger partial charge in [0.1, 0.15) is 0 Å². The highest BCUT2D eigenvalue weighted by molar-refractivity contribution is 6.06. The van der Waals surface area contributed by atoms with Crippen molar-refractivity contribution in [1.29, 1.82) is 0 Å². The maximum Gasteiger partial charge on any atom is 0.255 e. The lowest BCUT2D eigenvalue weighted by Gasteiger charge is -2.36. The molecule has 0 aliphatic carbocycles. The standard InChI is InChI=1S/C28H29N5O2/c1-3-32-16-18-33(19-17-32)25-11-7-6-10-24(25)29-26(34)21-12-14-22(15-13-21)27-30-31-28(35-27)23-9-5-4-8-20(23)2/h4-15H,3,16-19H2,1-2H3,(H,29,34). The summed E-state index contributed by atoms with van der Waals surface area (Å²) >= 11 is 0. The van der Waals surface area contributed by atoms with Crippen molar-refractivity contribution in [3.8, 4) is 22.9 Å². The summed E-state index contributed by atoms with van der Waals surface area (Å²) in [5.74, 6) is 0.755. The Morgan fingerprint density at radius 3 is 2.31 bits per heavy atom. The third-order valence-corrected chi connectivity index (χ3v) is 6.51. The largest absolute Gasteiger partial charge is 0.416 e. The van der Waals surface area contributed by atoms with Crippen LogP contribution in [0, 0.1) is 6.92 Å². The molecule has 7 heteroatoms. The summed E-state index contributed by atoms with van der Waals surface area (Å²) < 4.78 is 5.90. The lowest BCUT2D eigenvalue weighted by atomic mass is 10.1. The Labute approximate surface area is 205 Å². The number of para-hydroxylation sites is 2. The summed E-state index contributed by atoms with van der Waals surface area (Å²) in [5.41, 5.74) is 5.20. The molecule has 5 rings (SSSR count). The highest BCUT2D eigenvalue weighted by atomic mass is 16.4. The Morgan fingerprint density at radius 2 is 1.57 bits per heavy atom. The van der Waals surface area contributed by atoms with Gasteiger partial charge in [0.05, 0.1) is 11.4 Å². The Balaban J connectivity index is 1.29. The van der Waals surface area contributed by atoms with E-state index in [0.717, 1.165) is 60.8 Å². The van der Waals surface area contributed by atoms with Gasteiger partial charge in [0, 0.05) is 42.9 Å². The minimum atomic E-state index is -0.151. The first-order valence-electron chi connectivity index (χ1n) is 12.0. The monoisotopic (exact) mass is 467 g/mol. The van der Waals surface area contributed by atoms with Gasteiger partial charge in [0.2, 0.25) is 11.8 Å². The Kier molecular flexibility index (Phi) is 6.59. The van der Waals surface area contributed by atoms with Gasteiger partial charge >= 0.3 is 0 Å². The van der Waals surface area contributed by atoms with Crippen LogP contribution in [0.3, 0.4) is 0 Å². The van der Waals surface area contributed by atoms with Crippen molar-refractivity contribution >= 4 is 17.3 Å². The summed E-state index contributed by atoms with van der Waals surface area (Å²) in [5, 5.41) is 11.5. The van der Waals surface area contributed by atoms with Crippen LogP contribution in [0.25, 0.3) is 22.9 Å². The molecule has 0 atom stereocenters. The second kappa shape index (κ2) is 10.1. The van der Waals surface area contributed by atoms with Crippen LogP contribution >= 0.6 is 0 Å². The molecule has 1 amide bonds. The van der Waals surface area contributed by atoms with E-state index in [0.29, 0.717) is 17.3 Å². The molecule has 0 spiro atoms. The van der Waals surface area contributed by atoms with Crippen LogP contribution in [-0.2, 0) is 0 Å². The molecule has 0 bridgehead atoms. The predicted octanol–water partition coefficient (Wildman–Crippen LogP) is 5.11. The highest BCUT2D eigenvalue weighted by Gasteiger charge is 2.19. The second-order valence-corrected chi connectivity index (χ2v) is 8.70. The molecule has 3 aromatic carbocycles. The summed E-state index contributed by atoms with van der Waals surface area (Å²) in [6.45, 7) is 9.22. The fourth-order valence-electron chi connectivity index (χ4n) is 4.38. The number of benzene rings is 3. The zero-order valence-electron chi connectivity index (χ0n) is 20.1. The molecule has 1 aliphatic rings. The molecule has 178 valence electrons. The fraction of sp³-hybridized carbons (Fsp3) is 0.250. The van der Waals surface area contributed by atoms with Gasteiger partial charge in [-0.05, 0) is 61.5 Å². The Morgan fingerprint density at radius 1 is 0.886 bits per heavy atom. The molecule has 1 fully saturated rings. The summed E-state index contributed by atoms with van der Waals surface area (Å²) in [4.78, 5) is 17.8. The van der Waals surface area contributed by atoms with Crippen LogP contribution in [-0.4, -0.2) is 53.7 Å². The smallest absolute Gasteiger partial charge is 0.255 e. The molecule has 2 heterocycles. The number of carbonyl (C=O) groups excluding carboxylic acids is 1. The minimum Gasteiger partial charge on any atom is -0.416 e. The molecular weight excluding hydrogens is 438 g/mol. The van der Waals surface area contributed by atoms with E-state index in [9.17, 15) is 4.79 Å². The Hall–Kier alpha value is -3.97. The first kappa shape index (κ1) is 22.8. The van der Waals surface area contributed by atoms with E-state index in [-0.39, 0.29) is 5.91 Å². The lowest BCUT2D eigenvalue weighted by Crippen LogP contribution is -2.46. The van der Waals surface area contributed by atoms with Crippen LogP contribution in [0.1, 0.15) is 22.8 Å². The number of nitrogens with zero attached hydrogens (tertiary/aromatic N) is 4. The van der Waals surface area contributed by atoms with E-state index < -0.39 is 0 Å².